The molecule has 1 heterocycles. The van der Waals surface area contributed by atoms with E-state index >= 15 is 0 Å². The number of carbonyl (C=O) groups is 1. The van der Waals surface area contributed by atoms with Crippen molar-refractivity contribution in [2.24, 2.45) is 0 Å². The van der Waals surface area contributed by atoms with Gasteiger partial charge in [0.2, 0.25) is 0 Å². The van der Waals surface area contributed by atoms with Crippen LogP contribution in [-0.2, 0) is 4.74 Å². The van der Waals surface area contributed by atoms with Crippen molar-refractivity contribution >= 4 is 66.5 Å². The number of thiocarbonyl (C=S) groups is 1. The molecule has 9 heteroatoms. The van der Waals surface area contributed by atoms with E-state index in [1.54, 1.807) is 6.07 Å². The Morgan fingerprint density at radius 1 is 1.21 bits per heavy atom. The van der Waals surface area contributed by atoms with Crippen molar-refractivity contribution in [3.63, 3.8) is 0 Å². The number of hydrogen-bond acceptors (Lipinski definition) is 5. The fraction of sp³-hybridized carbons (Fsp3) is 0.263. The van der Waals surface area contributed by atoms with E-state index in [1.165, 1.54) is 7.11 Å². The average Bonchev–Trinajstić information content (AvgIpc) is 2.68. The van der Waals surface area contributed by atoms with Gasteiger partial charge in [0.05, 0.1) is 41.7 Å². The molecule has 3 rings (SSSR count). The van der Waals surface area contributed by atoms with E-state index in [9.17, 15) is 4.79 Å². The van der Waals surface area contributed by atoms with Gasteiger partial charge in [0.25, 0.3) is 5.91 Å². The maximum absolute atomic E-state index is 12.7. The summed E-state index contributed by atoms with van der Waals surface area (Å²) in [5, 5.41) is 6.06. The smallest absolute Gasteiger partial charge is 0.261 e. The van der Waals surface area contributed by atoms with Gasteiger partial charge in [0.15, 0.2) is 5.11 Å². The largest absolute Gasteiger partial charge is 0.495 e. The highest BCUT2D eigenvalue weighted by Crippen LogP contribution is 2.32. The van der Waals surface area contributed by atoms with E-state index in [-0.39, 0.29) is 11.0 Å². The summed E-state index contributed by atoms with van der Waals surface area (Å²) in [5.41, 5.74) is 2.22. The highest BCUT2D eigenvalue weighted by molar-refractivity contribution is 9.11. The number of morpholine rings is 1. The van der Waals surface area contributed by atoms with Crippen molar-refractivity contribution in [1.82, 2.24) is 5.32 Å². The van der Waals surface area contributed by atoms with E-state index in [0.717, 1.165) is 28.9 Å². The van der Waals surface area contributed by atoms with Crippen LogP contribution in [-0.4, -0.2) is 44.4 Å². The highest BCUT2D eigenvalue weighted by atomic mass is 79.9. The van der Waals surface area contributed by atoms with Gasteiger partial charge in [-0.3, -0.25) is 10.1 Å². The van der Waals surface area contributed by atoms with Crippen LogP contribution in [0.1, 0.15) is 10.4 Å². The molecule has 0 aromatic heterocycles. The van der Waals surface area contributed by atoms with Crippen LogP contribution in [0.15, 0.2) is 45.3 Å². The lowest BCUT2D eigenvalue weighted by Gasteiger charge is -2.30. The Balaban J connectivity index is 1.74. The molecular weight excluding hydrogens is 510 g/mol. The van der Waals surface area contributed by atoms with E-state index in [4.69, 9.17) is 21.7 Å². The molecule has 0 unspecified atom stereocenters. The predicted octanol–water partition coefficient (Wildman–Crippen LogP) is 4.18. The zero-order valence-electron chi connectivity index (χ0n) is 15.1. The zero-order chi connectivity index (χ0) is 20.1. The Morgan fingerprint density at radius 3 is 2.64 bits per heavy atom. The molecule has 0 saturated carbocycles. The number of benzene rings is 2. The molecule has 0 bridgehead atoms. The van der Waals surface area contributed by atoms with Gasteiger partial charge >= 0.3 is 0 Å². The lowest BCUT2D eigenvalue weighted by Crippen LogP contribution is -2.38. The van der Waals surface area contributed by atoms with Crippen molar-refractivity contribution < 1.29 is 14.3 Å². The highest BCUT2D eigenvalue weighted by Gasteiger charge is 2.19. The summed E-state index contributed by atoms with van der Waals surface area (Å²) < 4.78 is 12.2. The third-order valence-corrected chi connectivity index (χ3v) is 5.44. The number of anilines is 2. The van der Waals surface area contributed by atoms with Crippen molar-refractivity contribution in [3.8, 4) is 5.75 Å². The molecule has 2 aromatic rings. The fourth-order valence-electron chi connectivity index (χ4n) is 2.92. The molecule has 1 aliphatic rings. The third kappa shape index (κ3) is 5.02. The summed E-state index contributed by atoms with van der Waals surface area (Å²) in [5.74, 6) is 0.0809. The van der Waals surface area contributed by atoms with Crippen LogP contribution in [0.2, 0.25) is 0 Å². The van der Waals surface area contributed by atoms with Crippen molar-refractivity contribution in [2.45, 2.75) is 0 Å². The summed E-state index contributed by atoms with van der Waals surface area (Å²) >= 11 is 12.2. The fourth-order valence-corrected chi connectivity index (χ4v) is 4.51. The van der Waals surface area contributed by atoms with Crippen LogP contribution in [0.25, 0.3) is 0 Å². The minimum Gasteiger partial charge on any atom is -0.495 e. The van der Waals surface area contributed by atoms with Crippen LogP contribution in [0.3, 0.4) is 0 Å². The van der Waals surface area contributed by atoms with Gasteiger partial charge in [-0.1, -0.05) is 28.1 Å². The first-order valence-corrected chi connectivity index (χ1v) is 10.6. The number of methoxy groups -OCH3 is 1. The van der Waals surface area contributed by atoms with Crippen LogP contribution < -0.4 is 20.3 Å². The van der Waals surface area contributed by atoms with Gasteiger partial charge in [-0.2, -0.15) is 0 Å². The number of nitrogens with zero attached hydrogens (tertiary/aromatic N) is 1. The Morgan fingerprint density at radius 2 is 1.93 bits per heavy atom. The van der Waals surface area contributed by atoms with Crippen molar-refractivity contribution in [3.05, 3.63) is 50.9 Å². The second kappa shape index (κ2) is 9.69. The van der Waals surface area contributed by atoms with Gasteiger partial charge in [0, 0.05) is 17.6 Å². The minimum absolute atomic E-state index is 0.212. The normalized spacial score (nSPS) is 13.8. The van der Waals surface area contributed by atoms with Gasteiger partial charge in [-0.25, -0.2) is 0 Å². The molecule has 2 aromatic carbocycles. The average molecular weight is 529 g/mol. The topological polar surface area (TPSA) is 62.8 Å². The number of carbonyl (C=O) groups excluding carboxylic acids is 1. The molecule has 0 atom stereocenters. The monoisotopic (exact) mass is 527 g/mol. The van der Waals surface area contributed by atoms with Gasteiger partial charge in [-0.15, -0.1) is 0 Å². The van der Waals surface area contributed by atoms with Crippen LogP contribution >= 0.6 is 44.1 Å². The number of ether oxygens (including phenoxy) is 2. The molecule has 1 aliphatic heterocycles. The molecule has 1 amide bonds. The second-order valence-corrected chi connectivity index (χ2v) is 8.17. The van der Waals surface area contributed by atoms with Gasteiger partial charge in [0.1, 0.15) is 5.75 Å². The molecule has 0 radical (unpaired) electrons. The molecule has 0 aliphatic carbocycles. The quantitative estimate of drug-likeness (QED) is 0.580. The predicted molar refractivity (Wildman–Crippen MR) is 122 cm³/mol. The van der Waals surface area contributed by atoms with Crippen LogP contribution in [0.5, 0.6) is 5.75 Å². The second-order valence-electron chi connectivity index (χ2n) is 5.99. The number of rotatable bonds is 4. The first-order valence-electron chi connectivity index (χ1n) is 8.56. The standard InChI is InChI=1S/C19H19Br2N3O3S/c1-26-17-13(10-12(20)11-14(17)21)18(25)23-19(28)22-15-4-2-3-5-16(15)24-6-8-27-9-7-24/h2-5,10-11H,6-9H2,1H3,(H2,22,23,25,28). The summed E-state index contributed by atoms with van der Waals surface area (Å²) in [4.78, 5) is 15.0. The molecule has 1 fully saturated rings. The van der Waals surface area contributed by atoms with Gasteiger partial charge < -0.3 is 19.7 Å². The Kier molecular flexibility index (Phi) is 7.28. The Labute approximate surface area is 185 Å². The molecule has 0 spiro atoms. The maximum Gasteiger partial charge on any atom is 0.261 e. The van der Waals surface area contributed by atoms with E-state index < -0.39 is 0 Å². The number of halogens is 2. The van der Waals surface area contributed by atoms with Crippen LogP contribution in [0, 0.1) is 0 Å². The molecular formula is C19H19Br2N3O3S. The van der Waals surface area contributed by atoms with Crippen molar-refractivity contribution in [2.75, 3.05) is 43.6 Å². The van der Waals surface area contributed by atoms with Gasteiger partial charge in [-0.05, 0) is 52.4 Å². The lowest BCUT2D eigenvalue weighted by atomic mass is 10.2. The van der Waals surface area contributed by atoms with Crippen molar-refractivity contribution in [1.29, 1.82) is 0 Å². The molecule has 6 nitrogen and oxygen atoms in total. The molecule has 1 saturated heterocycles. The van der Waals surface area contributed by atoms with E-state index in [0.29, 0.717) is 29.0 Å². The molecule has 28 heavy (non-hydrogen) atoms. The Hall–Kier alpha value is -1.68. The number of nitrogens with one attached hydrogen (secondary N) is 2. The van der Waals surface area contributed by atoms with E-state index in [2.05, 4.69) is 47.4 Å². The summed E-state index contributed by atoms with van der Waals surface area (Å²) in [6, 6.07) is 11.3. The minimum atomic E-state index is -0.361. The first-order chi connectivity index (χ1) is 13.5. The first kappa shape index (κ1) is 21.0. The third-order valence-electron chi connectivity index (χ3n) is 4.19. The number of para-hydroxylation sites is 2. The number of hydrogen-bond donors (Lipinski definition) is 2. The van der Waals surface area contributed by atoms with E-state index in [1.807, 2.05) is 30.3 Å². The summed E-state index contributed by atoms with van der Waals surface area (Å²) in [6.45, 7) is 2.99. The zero-order valence-corrected chi connectivity index (χ0v) is 19.1. The summed E-state index contributed by atoms with van der Waals surface area (Å²) in [7, 11) is 1.51. The SMILES string of the molecule is COc1c(Br)cc(Br)cc1C(=O)NC(=S)Nc1ccccc1N1CCOCC1. The lowest BCUT2D eigenvalue weighted by molar-refractivity contribution is 0.0974. The number of amides is 1. The van der Waals surface area contributed by atoms with Crippen LogP contribution in [0.4, 0.5) is 11.4 Å². The maximum atomic E-state index is 12.7. The molecule has 148 valence electrons. The Bertz CT molecular complexity index is 889. The molecule has 2 N–H and O–H groups in total. The summed E-state index contributed by atoms with van der Waals surface area (Å²) in [6.07, 6.45) is 0.